The minimum atomic E-state index is -4.14. The van der Waals surface area contributed by atoms with Crippen LogP contribution in [-0.2, 0) is 5.41 Å². The Hall–Kier alpha value is -1.19. The third-order valence-electron chi connectivity index (χ3n) is 3.96. The number of hydrogen-bond acceptors (Lipinski definition) is 1. The zero-order chi connectivity index (χ0) is 14.4. The fraction of sp³-hybridized carbons (Fsp3) is 0.600. The number of aryl methyl sites for hydroxylation is 1. The largest absolute Gasteiger partial charge is 0.508 e. The topological polar surface area (TPSA) is 20.2 Å². The van der Waals surface area contributed by atoms with Gasteiger partial charge in [0, 0.05) is 5.41 Å². The van der Waals surface area contributed by atoms with Crippen LogP contribution in [-0.4, -0.2) is 11.3 Å². The first-order valence-corrected chi connectivity index (χ1v) is 6.55. The molecule has 0 unspecified atom stereocenters. The molecular formula is C15H19F3O. The van der Waals surface area contributed by atoms with Crippen molar-refractivity contribution in [3.8, 4) is 5.75 Å². The third-order valence-corrected chi connectivity index (χ3v) is 3.96. The number of aromatic hydroxyl groups is 1. The second-order valence-corrected chi connectivity index (χ2v) is 5.95. The molecule has 1 aromatic carbocycles. The van der Waals surface area contributed by atoms with Gasteiger partial charge in [-0.05, 0) is 48.4 Å². The van der Waals surface area contributed by atoms with Crippen LogP contribution >= 0.6 is 0 Å². The van der Waals surface area contributed by atoms with E-state index in [-0.39, 0.29) is 11.7 Å². The Balaban J connectivity index is 2.43. The molecule has 0 spiro atoms. The Morgan fingerprint density at radius 1 is 1.26 bits per heavy atom. The molecule has 0 aliphatic heterocycles. The summed E-state index contributed by atoms with van der Waals surface area (Å²) in [5, 5.41) is 9.88. The fourth-order valence-corrected chi connectivity index (χ4v) is 2.82. The van der Waals surface area contributed by atoms with E-state index in [1.807, 2.05) is 13.8 Å². The first kappa shape index (κ1) is 14.2. The number of hydrogen-bond donors (Lipinski definition) is 1. The number of rotatable bonds is 3. The van der Waals surface area contributed by atoms with Crippen molar-refractivity contribution in [3.05, 3.63) is 28.8 Å². The van der Waals surface area contributed by atoms with Crippen LogP contribution < -0.4 is 0 Å². The van der Waals surface area contributed by atoms with Gasteiger partial charge >= 0.3 is 6.18 Å². The predicted octanol–water partition coefficient (Wildman–Crippen LogP) is 4.81. The van der Waals surface area contributed by atoms with E-state index in [0.29, 0.717) is 12.8 Å². The maximum atomic E-state index is 12.7. The maximum absolute atomic E-state index is 12.7. The summed E-state index contributed by atoms with van der Waals surface area (Å²) in [6.07, 6.45) is -3.74. The number of benzene rings is 1. The Morgan fingerprint density at radius 3 is 2.26 bits per heavy atom. The van der Waals surface area contributed by atoms with E-state index in [1.165, 1.54) is 0 Å². The summed E-state index contributed by atoms with van der Waals surface area (Å²) in [5.41, 5.74) is 1.49. The predicted molar refractivity (Wildman–Crippen MR) is 68.5 cm³/mol. The molecule has 1 aliphatic rings. The molecular weight excluding hydrogens is 253 g/mol. The summed E-state index contributed by atoms with van der Waals surface area (Å²) >= 11 is 0. The van der Waals surface area contributed by atoms with Crippen LogP contribution in [0.15, 0.2) is 12.1 Å². The zero-order valence-corrected chi connectivity index (χ0v) is 11.4. The highest BCUT2D eigenvalue weighted by molar-refractivity contribution is 5.48. The minimum absolute atomic E-state index is 0.0982. The molecule has 0 amide bonds. The molecule has 0 radical (unpaired) electrons. The molecule has 0 aromatic heterocycles. The standard InChI is InChI=1S/C15H19F3O/c1-9(2)11-7-12(10(3)6-13(11)19)14(4-5-14)8-15(16,17)18/h6-7,9,19H,4-5,8H2,1-3H3. The van der Waals surface area contributed by atoms with Crippen molar-refractivity contribution in [2.24, 2.45) is 0 Å². The lowest BCUT2D eigenvalue weighted by molar-refractivity contribution is -0.141. The monoisotopic (exact) mass is 272 g/mol. The highest BCUT2D eigenvalue weighted by Crippen LogP contribution is 2.56. The van der Waals surface area contributed by atoms with Gasteiger partial charge in [0.25, 0.3) is 0 Å². The van der Waals surface area contributed by atoms with Gasteiger partial charge in [0.05, 0.1) is 6.42 Å². The summed E-state index contributed by atoms with van der Waals surface area (Å²) < 4.78 is 38.1. The highest BCUT2D eigenvalue weighted by Gasteiger charge is 2.52. The van der Waals surface area contributed by atoms with Crippen LogP contribution in [0.5, 0.6) is 5.75 Å². The Kier molecular flexibility index (Phi) is 3.31. The lowest BCUT2D eigenvalue weighted by Gasteiger charge is -2.22. The lowest BCUT2D eigenvalue weighted by Crippen LogP contribution is -2.20. The van der Waals surface area contributed by atoms with Crippen molar-refractivity contribution in [2.75, 3.05) is 0 Å². The van der Waals surface area contributed by atoms with Crippen LogP contribution in [0.4, 0.5) is 13.2 Å². The molecule has 0 heterocycles. The van der Waals surface area contributed by atoms with E-state index < -0.39 is 18.0 Å². The molecule has 1 fully saturated rings. The molecule has 0 bridgehead atoms. The number of phenolic OH excluding ortho intramolecular Hbond substituents is 1. The Morgan fingerprint density at radius 2 is 1.84 bits per heavy atom. The third kappa shape index (κ3) is 2.88. The van der Waals surface area contributed by atoms with Gasteiger partial charge in [0.2, 0.25) is 0 Å². The molecule has 1 nitrogen and oxygen atoms in total. The van der Waals surface area contributed by atoms with Crippen LogP contribution in [0.25, 0.3) is 0 Å². The van der Waals surface area contributed by atoms with Gasteiger partial charge in [-0.3, -0.25) is 0 Å². The first-order valence-electron chi connectivity index (χ1n) is 6.55. The SMILES string of the molecule is Cc1cc(O)c(C(C)C)cc1C1(CC(F)(F)F)CC1. The second-order valence-electron chi connectivity index (χ2n) is 5.95. The van der Waals surface area contributed by atoms with Crippen LogP contribution in [0.3, 0.4) is 0 Å². The number of alkyl halides is 3. The second kappa shape index (κ2) is 4.43. The van der Waals surface area contributed by atoms with Crippen molar-refractivity contribution >= 4 is 0 Å². The zero-order valence-electron chi connectivity index (χ0n) is 11.4. The van der Waals surface area contributed by atoms with Crippen molar-refractivity contribution in [2.45, 2.75) is 57.5 Å². The lowest BCUT2D eigenvalue weighted by atomic mass is 9.85. The van der Waals surface area contributed by atoms with Crippen LogP contribution in [0.2, 0.25) is 0 Å². The van der Waals surface area contributed by atoms with E-state index in [4.69, 9.17) is 0 Å². The maximum Gasteiger partial charge on any atom is 0.389 e. The van der Waals surface area contributed by atoms with E-state index in [2.05, 4.69) is 0 Å². The average Bonchev–Trinajstić information content (AvgIpc) is 2.94. The van der Waals surface area contributed by atoms with Gasteiger partial charge < -0.3 is 5.11 Å². The van der Waals surface area contributed by atoms with Gasteiger partial charge in [-0.15, -0.1) is 0 Å². The Labute approximate surface area is 111 Å². The highest BCUT2D eigenvalue weighted by atomic mass is 19.4. The van der Waals surface area contributed by atoms with Crippen molar-refractivity contribution < 1.29 is 18.3 Å². The summed E-state index contributed by atoms with van der Waals surface area (Å²) in [5.74, 6) is 0.278. The molecule has 106 valence electrons. The molecule has 2 rings (SSSR count). The molecule has 0 saturated heterocycles. The smallest absolute Gasteiger partial charge is 0.389 e. The molecule has 1 N–H and O–H groups in total. The van der Waals surface area contributed by atoms with Gasteiger partial charge in [0.1, 0.15) is 5.75 Å². The molecule has 4 heteroatoms. The summed E-state index contributed by atoms with van der Waals surface area (Å²) in [4.78, 5) is 0. The normalized spacial score (nSPS) is 17.8. The van der Waals surface area contributed by atoms with Crippen molar-refractivity contribution in [3.63, 3.8) is 0 Å². The Bertz CT molecular complexity index is 485. The van der Waals surface area contributed by atoms with E-state index in [0.717, 1.165) is 16.7 Å². The molecule has 19 heavy (non-hydrogen) atoms. The summed E-state index contributed by atoms with van der Waals surface area (Å²) in [7, 11) is 0. The van der Waals surface area contributed by atoms with Gasteiger partial charge in [0.15, 0.2) is 0 Å². The molecule has 1 aliphatic carbocycles. The minimum Gasteiger partial charge on any atom is -0.508 e. The summed E-state index contributed by atoms with van der Waals surface area (Å²) in [6, 6.07) is 3.37. The number of phenols is 1. The molecule has 1 saturated carbocycles. The molecule has 1 aromatic rings. The van der Waals surface area contributed by atoms with Crippen molar-refractivity contribution in [1.29, 1.82) is 0 Å². The van der Waals surface area contributed by atoms with Crippen LogP contribution in [0.1, 0.15) is 55.7 Å². The molecule has 0 atom stereocenters. The average molecular weight is 272 g/mol. The van der Waals surface area contributed by atoms with Gasteiger partial charge in [-0.25, -0.2) is 0 Å². The van der Waals surface area contributed by atoms with Crippen LogP contribution in [0, 0.1) is 6.92 Å². The number of halogens is 3. The first-order chi connectivity index (χ1) is 8.65. The van der Waals surface area contributed by atoms with E-state index in [1.54, 1.807) is 19.1 Å². The van der Waals surface area contributed by atoms with E-state index >= 15 is 0 Å². The van der Waals surface area contributed by atoms with Gasteiger partial charge in [-0.2, -0.15) is 13.2 Å². The quantitative estimate of drug-likeness (QED) is 0.837. The van der Waals surface area contributed by atoms with Gasteiger partial charge in [-0.1, -0.05) is 19.9 Å². The fourth-order valence-electron chi connectivity index (χ4n) is 2.82. The summed E-state index contributed by atoms with van der Waals surface area (Å²) in [6.45, 7) is 5.63. The van der Waals surface area contributed by atoms with Crippen molar-refractivity contribution in [1.82, 2.24) is 0 Å². The van der Waals surface area contributed by atoms with E-state index in [9.17, 15) is 18.3 Å².